The van der Waals surface area contributed by atoms with Gasteiger partial charge in [-0.25, -0.2) is 0 Å². The van der Waals surface area contributed by atoms with Crippen LogP contribution in [0.5, 0.6) is 5.75 Å². The number of rotatable bonds is 5. The topological polar surface area (TPSA) is 73.6 Å². The van der Waals surface area contributed by atoms with Crippen LogP contribution in [0.2, 0.25) is 0 Å². The zero-order valence-corrected chi connectivity index (χ0v) is 19.2. The van der Waals surface area contributed by atoms with E-state index in [1.807, 2.05) is 40.1 Å². The van der Waals surface area contributed by atoms with Crippen LogP contribution >= 0.6 is 0 Å². The van der Waals surface area contributed by atoms with Crippen molar-refractivity contribution in [2.45, 2.75) is 39.2 Å². The molecule has 6 nitrogen and oxygen atoms in total. The van der Waals surface area contributed by atoms with E-state index in [9.17, 15) is 14.9 Å². The van der Waals surface area contributed by atoms with Crippen LogP contribution in [0.3, 0.4) is 0 Å². The molecule has 0 spiro atoms. The Morgan fingerprint density at radius 2 is 1.82 bits per heavy atom. The number of carbonyl (C=O) groups excluding carboxylic acids is 2. The highest BCUT2D eigenvalue weighted by Crippen LogP contribution is 2.25. The van der Waals surface area contributed by atoms with Crippen molar-refractivity contribution in [3.05, 3.63) is 65.2 Å². The molecule has 2 aromatic carbocycles. The van der Waals surface area contributed by atoms with Gasteiger partial charge in [-0.1, -0.05) is 31.2 Å². The van der Waals surface area contributed by atoms with Crippen LogP contribution in [-0.2, 0) is 11.4 Å². The summed E-state index contributed by atoms with van der Waals surface area (Å²) in [6.07, 6.45) is 3.72. The molecule has 2 aromatic rings. The summed E-state index contributed by atoms with van der Waals surface area (Å²) in [5.74, 6) is 1.43. The number of benzene rings is 2. The lowest BCUT2D eigenvalue weighted by Crippen LogP contribution is -2.47. The Bertz CT molecular complexity index is 1040. The summed E-state index contributed by atoms with van der Waals surface area (Å²) in [4.78, 5) is 29.9. The monoisotopic (exact) mass is 445 g/mol. The molecule has 1 unspecified atom stereocenters. The van der Waals surface area contributed by atoms with E-state index in [4.69, 9.17) is 4.74 Å². The minimum Gasteiger partial charge on any atom is -0.489 e. The normalized spacial score (nSPS) is 19.1. The van der Waals surface area contributed by atoms with E-state index in [0.717, 1.165) is 37.9 Å². The third-order valence-electron chi connectivity index (χ3n) is 6.71. The van der Waals surface area contributed by atoms with Crippen molar-refractivity contribution in [2.24, 2.45) is 11.8 Å². The molecule has 0 aliphatic carbocycles. The van der Waals surface area contributed by atoms with Crippen LogP contribution < -0.4 is 4.74 Å². The third kappa shape index (κ3) is 5.54. The number of ether oxygens (including phenoxy) is 1. The fourth-order valence-corrected chi connectivity index (χ4v) is 4.80. The molecule has 2 aliphatic rings. The molecule has 2 fully saturated rings. The number of likely N-dealkylation sites (tertiary alicyclic amines) is 2. The highest BCUT2D eigenvalue weighted by molar-refractivity contribution is 5.94. The molecule has 33 heavy (non-hydrogen) atoms. The summed E-state index contributed by atoms with van der Waals surface area (Å²) in [7, 11) is 0. The Hall–Kier alpha value is -3.33. The second-order valence-corrected chi connectivity index (χ2v) is 9.18. The van der Waals surface area contributed by atoms with E-state index in [1.54, 1.807) is 18.2 Å². The first-order valence-corrected chi connectivity index (χ1v) is 11.8. The number of hydrogen-bond donors (Lipinski definition) is 0. The van der Waals surface area contributed by atoms with Crippen LogP contribution in [0, 0.1) is 23.2 Å². The molecule has 2 aliphatic heterocycles. The second kappa shape index (κ2) is 10.5. The van der Waals surface area contributed by atoms with Gasteiger partial charge in [0.15, 0.2) is 0 Å². The largest absolute Gasteiger partial charge is 0.489 e. The number of nitrogens with zero attached hydrogens (tertiary/aromatic N) is 3. The van der Waals surface area contributed by atoms with Gasteiger partial charge in [-0.15, -0.1) is 0 Å². The smallest absolute Gasteiger partial charge is 0.253 e. The maximum Gasteiger partial charge on any atom is 0.253 e. The molecule has 2 saturated heterocycles. The van der Waals surface area contributed by atoms with Crippen molar-refractivity contribution in [1.29, 1.82) is 5.26 Å². The Morgan fingerprint density at radius 3 is 2.58 bits per heavy atom. The van der Waals surface area contributed by atoms with Gasteiger partial charge < -0.3 is 14.5 Å². The standard InChI is InChI=1S/C27H31N3O3/c1-20-6-5-13-30(18-20)26(31)21-11-14-29(15-12-21)27(32)22-9-4-10-25(16-22)33-19-24-8-3-2-7-23(24)17-28/h2-4,7-10,16,20-21H,5-6,11-15,18-19H2,1H3. The molecule has 0 radical (unpaired) electrons. The highest BCUT2D eigenvalue weighted by Gasteiger charge is 2.32. The molecule has 2 amide bonds. The van der Waals surface area contributed by atoms with E-state index in [1.165, 1.54) is 6.42 Å². The maximum atomic E-state index is 13.1. The molecule has 4 rings (SSSR count). The van der Waals surface area contributed by atoms with Gasteiger partial charge in [0, 0.05) is 43.2 Å². The van der Waals surface area contributed by atoms with Gasteiger partial charge in [0.25, 0.3) is 5.91 Å². The first-order chi connectivity index (χ1) is 16.0. The van der Waals surface area contributed by atoms with E-state index < -0.39 is 0 Å². The molecule has 1 atom stereocenters. The lowest BCUT2D eigenvalue weighted by Gasteiger charge is -2.37. The minimum atomic E-state index is -0.0321. The molecule has 0 bridgehead atoms. The van der Waals surface area contributed by atoms with Gasteiger partial charge in [-0.05, 0) is 55.9 Å². The Labute approximate surface area is 195 Å². The van der Waals surface area contributed by atoms with E-state index in [-0.39, 0.29) is 24.3 Å². The van der Waals surface area contributed by atoms with Gasteiger partial charge in [0.2, 0.25) is 5.91 Å². The van der Waals surface area contributed by atoms with Crippen molar-refractivity contribution in [3.63, 3.8) is 0 Å². The molecule has 0 N–H and O–H groups in total. The van der Waals surface area contributed by atoms with Crippen LogP contribution in [0.15, 0.2) is 48.5 Å². The number of hydrogen-bond acceptors (Lipinski definition) is 4. The number of amides is 2. The lowest BCUT2D eigenvalue weighted by molar-refractivity contribution is -0.138. The van der Waals surface area contributed by atoms with Gasteiger partial charge in [0.05, 0.1) is 11.6 Å². The van der Waals surface area contributed by atoms with Gasteiger partial charge >= 0.3 is 0 Å². The van der Waals surface area contributed by atoms with Crippen LogP contribution in [0.25, 0.3) is 0 Å². The molecule has 2 heterocycles. The van der Waals surface area contributed by atoms with Crippen LogP contribution in [0.4, 0.5) is 0 Å². The summed E-state index contributed by atoms with van der Waals surface area (Å²) in [6.45, 7) is 5.40. The SMILES string of the molecule is CC1CCCN(C(=O)C2CCN(C(=O)c3cccc(OCc4ccccc4C#N)c3)CC2)C1. The Kier molecular flexibility index (Phi) is 7.29. The number of carbonyl (C=O) groups is 2. The number of piperidine rings is 2. The molecule has 172 valence electrons. The first kappa shape index (κ1) is 22.8. The zero-order chi connectivity index (χ0) is 23.2. The predicted molar refractivity (Wildman–Crippen MR) is 126 cm³/mol. The molecule has 0 saturated carbocycles. The van der Waals surface area contributed by atoms with Crippen molar-refractivity contribution < 1.29 is 14.3 Å². The Morgan fingerprint density at radius 1 is 1.03 bits per heavy atom. The summed E-state index contributed by atoms with van der Waals surface area (Å²) in [5, 5.41) is 9.24. The summed E-state index contributed by atoms with van der Waals surface area (Å²) in [5.41, 5.74) is 1.98. The lowest BCUT2D eigenvalue weighted by atomic mass is 9.92. The first-order valence-electron chi connectivity index (χ1n) is 11.8. The molecular formula is C27H31N3O3. The summed E-state index contributed by atoms with van der Waals surface area (Å²) in [6, 6.07) is 16.7. The summed E-state index contributed by atoms with van der Waals surface area (Å²) < 4.78 is 5.87. The quantitative estimate of drug-likeness (QED) is 0.690. The van der Waals surface area contributed by atoms with E-state index in [0.29, 0.717) is 35.9 Å². The fraction of sp³-hybridized carbons (Fsp3) is 0.444. The highest BCUT2D eigenvalue weighted by atomic mass is 16.5. The van der Waals surface area contributed by atoms with E-state index in [2.05, 4.69) is 13.0 Å². The zero-order valence-electron chi connectivity index (χ0n) is 19.2. The minimum absolute atomic E-state index is 0.0224. The van der Waals surface area contributed by atoms with Crippen molar-refractivity contribution >= 4 is 11.8 Å². The third-order valence-corrected chi connectivity index (χ3v) is 6.71. The Balaban J connectivity index is 1.32. The summed E-state index contributed by atoms with van der Waals surface area (Å²) >= 11 is 0. The second-order valence-electron chi connectivity index (χ2n) is 9.18. The van der Waals surface area contributed by atoms with Crippen LogP contribution in [-0.4, -0.2) is 47.8 Å². The van der Waals surface area contributed by atoms with Crippen LogP contribution in [0.1, 0.15) is 54.1 Å². The van der Waals surface area contributed by atoms with Crippen molar-refractivity contribution in [1.82, 2.24) is 9.80 Å². The molecular weight excluding hydrogens is 414 g/mol. The average molecular weight is 446 g/mol. The van der Waals surface area contributed by atoms with Gasteiger partial charge in [-0.3, -0.25) is 9.59 Å². The molecule has 6 heteroatoms. The van der Waals surface area contributed by atoms with Crippen molar-refractivity contribution in [2.75, 3.05) is 26.2 Å². The number of nitriles is 1. The predicted octanol–water partition coefficient (Wildman–Crippen LogP) is 4.25. The fourth-order valence-electron chi connectivity index (χ4n) is 4.80. The maximum absolute atomic E-state index is 13.1. The van der Waals surface area contributed by atoms with E-state index >= 15 is 0 Å². The van der Waals surface area contributed by atoms with Gasteiger partial charge in [0.1, 0.15) is 12.4 Å². The average Bonchev–Trinajstić information content (AvgIpc) is 2.87. The molecule has 0 aromatic heterocycles. The van der Waals surface area contributed by atoms with Crippen molar-refractivity contribution in [3.8, 4) is 11.8 Å². The van der Waals surface area contributed by atoms with Gasteiger partial charge in [-0.2, -0.15) is 5.26 Å².